The van der Waals surface area contributed by atoms with E-state index in [1.165, 1.54) is 5.56 Å². The van der Waals surface area contributed by atoms with Crippen LogP contribution in [0, 0.1) is 5.92 Å². The normalized spacial score (nSPS) is 11.5. The lowest BCUT2D eigenvalue weighted by Crippen LogP contribution is -2.17. The summed E-state index contributed by atoms with van der Waals surface area (Å²) in [5.74, 6) is 1.99. The molecule has 0 unspecified atom stereocenters. The van der Waals surface area contributed by atoms with Crippen LogP contribution in [0.25, 0.3) is 0 Å². The van der Waals surface area contributed by atoms with Crippen molar-refractivity contribution in [3.8, 4) is 0 Å². The van der Waals surface area contributed by atoms with Crippen molar-refractivity contribution in [3.05, 3.63) is 46.6 Å². The lowest BCUT2D eigenvalue weighted by atomic mass is 10.1. The molecule has 2 rings (SSSR count). The van der Waals surface area contributed by atoms with Crippen molar-refractivity contribution in [1.29, 1.82) is 0 Å². The first-order chi connectivity index (χ1) is 9.52. The molecule has 0 N–H and O–H groups in total. The van der Waals surface area contributed by atoms with Gasteiger partial charge in [0.15, 0.2) is 5.82 Å². The van der Waals surface area contributed by atoms with Gasteiger partial charge in [-0.25, -0.2) is 0 Å². The monoisotopic (exact) mass is 293 g/mol. The number of halogens is 1. The maximum absolute atomic E-state index is 5.88. The third-order valence-corrected chi connectivity index (χ3v) is 3.12. The minimum Gasteiger partial charge on any atom is -0.338 e. The number of aromatic nitrogens is 2. The van der Waals surface area contributed by atoms with Gasteiger partial charge in [-0.2, -0.15) is 4.98 Å². The minimum atomic E-state index is 0.534. The molecule has 0 radical (unpaired) electrons. The molecule has 2 aromatic rings. The number of hydrogen-bond acceptors (Lipinski definition) is 4. The second kappa shape index (κ2) is 6.86. The number of rotatable bonds is 6. The first-order valence-electron chi connectivity index (χ1n) is 6.77. The Balaban J connectivity index is 1.89. The molecule has 0 saturated heterocycles. The first kappa shape index (κ1) is 15.0. The quantitative estimate of drug-likeness (QED) is 0.817. The fourth-order valence-electron chi connectivity index (χ4n) is 1.99. The smallest absolute Gasteiger partial charge is 0.240 e. The Labute approximate surface area is 124 Å². The summed E-state index contributed by atoms with van der Waals surface area (Å²) in [5.41, 5.74) is 1.21. The van der Waals surface area contributed by atoms with Gasteiger partial charge in [0.25, 0.3) is 0 Å². The summed E-state index contributed by atoms with van der Waals surface area (Å²) in [4.78, 5) is 6.54. The number of benzene rings is 1. The van der Waals surface area contributed by atoms with Crippen molar-refractivity contribution in [2.75, 3.05) is 7.05 Å². The van der Waals surface area contributed by atoms with Gasteiger partial charge in [0, 0.05) is 18.0 Å². The van der Waals surface area contributed by atoms with E-state index in [4.69, 9.17) is 16.1 Å². The highest BCUT2D eigenvalue weighted by molar-refractivity contribution is 6.30. The second-order valence-electron chi connectivity index (χ2n) is 5.50. The van der Waals surface area contributed by atoms with Crippen LogP contribution in [0.5, 0.6) is 0 Å². The van der Waals surface area contributed by atoms with E-state index in [2.05, 4.69) is 28.9 Å². The van der Waals surface area contributed by atoms with E-state index in [9.17, 15) is 0 Å². The zero-order chi connectivity index (χ0) is 14.5. The SMILES string of the molecule is CC(C)Cc1noc(CN(C)Cc2ccc(Cl)cc2)n1. The minimum absolute atomic E-state index is 0.534. The van der Waals surface area contributed by atoms with Crippen LogP contribution in [0.15, 0.2) is 28.8 Å². The van der Waals surface area contributed by atoms with Gasteiger partial charge in [0.1, 0.15) is 0 Å². The molecule has 108 valence electrons. The molecule has 0 fully saturated rings. The van der Waals surface area contributed by atoms with Gasteiger partial charge in [-0.05, 0) is 30.7 Å². The van der Waals surface area contributed by atoms with E-state index in [0.29, 0.717) is 18.4 Å². The highest BCUT2D eigenvalue weighted by Crippen LogP contribution is 2.12. The van der Waals surface area contributed by atoms with E-state index in [1.54, 1.807) is 0 Å². The van der Waals surface area contributed by atoms with Gasteiger partial charge in [0.2, 0.25) is 5.89 Å². The standard InChI is InChI=1S/C15H20ClN3O/c1-11(2)8-14-17-15(20-18-14)10-19(3)9-12-4-6-13(16)7-5-12/h4-7,11H,8-10H2,1-3H3. The van der Waals surface area contributed by atoms with Crippen LogP contribution in [0.1, 0.15) is 31.1 Å². The average molecular weight is 294 g/mol. The summed E-state index contributed by atoms with van der Waals surface area (Å²) in [5, 5.41) is 4.75. The Morgan fingerprint density at radius 2 is 1.90 bits per heavy atom. The molecule has 0 aliphatic rings. The summed E-state index contributed by atoms with van der Waals surface area (Å²) >= 11 is 5.88. The molecular weight excluding hydrogens is 274 g/mol. The zero-order valence-corrected chi connectivity index (χ0v) is 12.9. The lowest BCUT2D eigenvalue weighted by molar-refractivity contribution is 0.260. The Morgan fingerprint density at radius 3 is 2.55 bits per heavy atom. The second-order valence-corrected chi connectivity index (χ2v) is 5.94. The van der Waals surface area contributed by atoms with E-state index in [1.807, 2.05) is 31.3 Å². The molecule has 0 bridgehead atoms. The van der Waals surface area contributed by atoms with Crippen LogP contribution in [0.2, 0.25) is 5.02 Å². The third kappa shape index (κ3) is 4.62. The van der Waals surface area contributed by atoms with E-state index < -0.39 is 0 Å². The van der Waals surface area contributed by atoms with Crippen LogP contribution in [-0.2, 0) is 19.5 Å². The van der Waals surface area contributed by atoms with Crippen LogP contribution in [0.3, 0.4) is 0 Å². The Morgan fingerprint density at radius 1 is 1.20 bits per heavy atom. The third-order valence-electron chi connectivity index (χ3n) is 2.87. The van der Waals surface area contributed by atoms with Crippen molar-refractivity contribution in [1.82, 2.24) is 15.0 Å². The van der Waals surface area contributed by atoms with Crippen molar-refractivity contribution >= 4 is 11.6 Å². The number of nitrogens with zero attached hydrogens (tertiary/aromatic N) is 3. The van der Waals surface area contributed by atoms with Crippen molar-refractivity contribution in [2.45, 2.75) is 33.4 Å². The first-order valence-corrected chi connectivity index (χ1v) is 7.15. The molecule has 0 amide bonds. The molecule has 0 saturated carbocycles. The lowest BCUT2D eigenvalue weighted by Gasteiger charge is -2.14. The highest BCUT2D eigenvalue weighted by atomic mass is 35.5. The predicted molar refractivity (Wildman–Crippen MR) is 79.5 cm³/mol. The van der Waals surface area contributed by atoms with Crippen LogP contribution in [-0.4, -0.2) is 22.1 Å². The van der Waals surface area contributed by atoms with E-state index in [0.717, 1.165) is 23.8 Å². The van der Waals surface area contributed by atoms with Gasteiger partial charge in [-0.3, -0.25) is 4.90 Å². The van der Waals surface area contributed by atoms with Crippen molar-refractivity contribution in [2.24, 2.45) is 5.92 Å². The van der Waals surface area contributed by atoms with Crippen LogP contribution in [0.4, 0.5) is 0 Å². The largest absolute Gasteiger partial charge is 0.338 e. The molecule has 20 heavy (non-hydrogen) atoms. The maximum Gasteiger partial charge on any atom is 0.240 e. The van der Waals surface area contributed by atoms with Gasteiger partial charge in [0.05, 0.1) is 6.54 Å². The van der Waals surface area contributed by atoms with Crippen LogP contribution >= 0.6 is 11.6 Å². The topological polar surface area (TPSA) is 42.2 Å². The maximum atomic E-state index is 5.88. The molecule has 1 aromatic heterocycles. The molecule has 0 aliphatic heterocycles. The highest BCUT2D eigenvalue weighted by Gasteiger charge is 2.10. The Bertz CT molecular complexity index is 536. The summed E-state index contributed by atoms with van der Waals surface area (Å²) in [6.45, 7) is 5.75. The Hall–Kier alpha value is -1.39. The fraction of sp³-hybridized carbons (Fsp3) is 0.467. The van der Waals surface area contributed by atoms with Gasteiger partial charge in [-0.15, -0.1) is 0 Å². The van der Waals surface area contributed by atoms with E-state index >= 15 is 0 Å². The zero-order valence-electron chi connectivity index (χ0n) is 12.1. The van der Waals surface area contributed by atoms with E-state index in [-0.39, 0.29) is 0 Å². The molecule has 1 aromatic carbocycles. The fourth-order valence-corrected chi connectivity index (χ4v) is 2.12. The van der Waals surface area contributed by atoms with Crippen molar-refractivity contribution in [3.63, 3.8) is 0 Å². The number of hydrogen-bond donors (Lipinski definition) is 0. The molecule has 5 heteroatoms. The molecule has 0 aliphatic carbocycles. The van der Waals surface area contributed by atoms with Crippen molar-refractivity contribution < 1.29 is 4.52 Å². The average Bonchev–Trinajstić information content (AvgIpc) is 2.78. The van der Waals surface area contributed by atoms with Crippen LogP contribution < -0.4 is 0 Å². The summed E-state index contributed by atoms with van der Waals surface area (Å²) < 4.78 is 5.27. The molecular formula is C15H20ClN3O. The van der Waals surface area contributed by atoms with Gasteiger partial charge in [-0.1, -0.05) is 42.7 Å². The molecule has 0 atom stereocenters. The summed E-state index contributed by atoms with van der Waals surface area (Å²) in [6.07, 6.45) is 0.852. The van der Waals surface area contributed by atoms with Gasteiger partial charge < -0.3 is 4.52 Å². The molecule has 1 heterocycles. The summed E-state index contributed by atoms with van der Waals surface area (Å²) in [6, 6.07) is 7.85. The summed E-state index contributed by atoms with van der Waals surface area (Å²) in [7, 11) is 2.03. The molecule has 0 spiro atoms. The molecule has 4 nitrogen and oxygen atoms in total. The van der Waals surface area contributed by atoms with Gasteiger partial charge >= 0.3 is 0 Å². The predicted octanol–water partition coefficient (Wildman–Crippen LogP) is 3.55. The Kier molecular flexibility index (Phi) is 5.15.